The minimum absolute atomic E-state index is 0. The van der Waals surface area contributed by atoms with Crippen LogP contribution in [0.25, 0.3) is 5.70 Å². The monoisotopic (exact) mass is 992 g/mol. The summed E-state index contributed by atoms with van der Waals surface area (Å²) in [4.78, 5) is 0. The van der Waals surface area contributed by atoms with Gasteiger partial charge in [-0.1, -0.05) is 0 Å². The van der Waals surface area contributed by atoms with E-state index in [0.29, 0.717) is 36.7 Å². The van der Waals surface area contributed by atoms with E-state index in [4.69, 9.17) is 5.10 Å². The zero-order valence-electron chi connectivity index (χ0n) is 37.1. The van der Waals surface area contributed by atoms with Crippen LogP contribution in [0.4, 0.5) is 5.69 Å². The number of aromatic hydroxyl groups is 6. The predicted molar refractivity (Wildman–Crippen MR) is 221 cm³/mol. The summed E-state index contributed by atoms with van der Waals surface area (Å²) >= 11 is 0.249. The summed E-state index contributed by atoms with van der Waals surface area (Å²) in [6, 6.07) is 5.50. The Bertz CT molecular complexity index is 2000. The van der Waals surface area contributed by atoms with Crippen molar-refractivity contribution >= 4 is 17.1 Å². The molecule has 0 spiro atoms. The van der Waals surface area contributed by atoms with Crippen LogP contribution in [0.2, 0.25) is 0 Å². The minimum Gasteiger partial charge on any atom is -1.00 e. The molecular formula is C45H64Cl2HfN3O6. The Labute approximate surface area is 368 Å². The van der Waals surface area contributed by atoms with Crippen LogP contribution >= 0.6 is 0 Å². The van der Waals surface area contributed by atoms with Crippen LogP contribution in [0, 0.1) is 0 Å². The van der Waals surface area contributed by atoms with Gasteiger partial charge >= 0.3 is 345 Å². The van der Waals surface area contributed by atoms with Crippen LogP contribution in [0.15, 0.2) is 26.6 Å². The maximum Gasteiger partial charge on any atom is -1.00 e. The van der Waals surface area contributed by atoms with Crippen LogP contribution in [-0.4, -0.2) is 36.4 Å². The summed E-state index contributed by atoms with van der Waals surface area (Å²) in [7, 11) is 0. The van der Waals surface area contributed by atoms with Gasteiger partial charge in [0.1, 0.15) is 0 Å². The first-order chi connectivity index (χ1) is 24.5. The minimum atomic E-state index is -0.561. The Morgan fingerprint density at radius 3 is 0.947 bits per heavy atom. The van der Waals surface area contributed by atoms with Crippen molar-refractivity contribution < 1.29 is 79.8 Å². The number of allylic oxidation sites excluding steroid dienone is 1. The van der Waals surface area contributed by atoms with Gasteiger partial charge in [-0.15, -0.1) is 0 Å². The van der Waals surface area contributed by atoms with Gasteiger partial charge < -0.3 is 24.8 Å². The average Bonchev–Trinajstić information content (AvgIpc) is 2.95. The van der Waals surface area contributed by atoms with Crippen LogP contribution < -0.4 is 35.4 Å². The van der Waals surface area contributed by atoms with Crippen molar-refractivity contribution in [2.75, 3.05) is 5.12 Å². The molecule has 57 heavy (non-hydrogen) atoms. The normalized spacial score (nSPS) is 14.5. The fraction of sp³-hybridized carbons (Fsp3) is 0.533. The van der Waals surface area contributed by atoms with Crippen LogP contribution in [0.5, 0.6) is 34.5 Å². The molecule has 7 N–H and O–H groups in total. The molecule has 1 heterocycles. The number of phenols is 6. The summed E-state index contributed by atoms with van der Waals surface area (Å²) in [5.41, 5.74) is 4.12. The first-order valence-electron chi connectivity index (χ1n) is 18.9. The molecule has 313 valence electrons. The Morgan fingerprint density at radius 1 is 0.439 bits per heavy atom. The molecule has 3 aromatic rings. The van der Waals surface area contributed by atoms with Crippen molar-refractivity contribution in [3.8, 4) is 34.5 Å². The first kappa shape index (κ1) is 50.1. The third-order valence-electron chi connectivity index (χ3n) is 10.2. The Hall–Kier alpha value is -3.08. The number of anilines is 1. The van der Waals surface area contributed by atoms with Crippen molar-refractivity contribution in [3.63, 3.8) is 0 Å². The summed E-state index contributed by atoms with van der Waals surface area (Å²) in [6.45, 7) is 35.7. The molecule has 0 aromatic heterocycles. The molecule has 0 atom stereocenters. The summed E-state index contributed by atoms with van der Waals surface area (Å²) in [5, 5.41) is 79.4. The summed E-state index contributed by atoms with van der Waals surface area (Å²) in [5.74, 6) is -1.05. The SMILES string of the molecule is CC(C)(C)c1cc(C(C)(C)C)c(O)c(C2=NN(c3c(O)c(C(C)(C)C)cc(C(C)(C)C)c3O)NC(c3c(O)c(C(C)(C)C)cc(C(C)(C)C)c3O)=[C]2[Hf+2])c1O.[Cl-].[Cl-]. The van der Waals surface area contributed by atoms with E-state index in [9.17, 15) is 30.6 Å². The Balaban J connectivity index is 0.00000561. The molecule has 9 nitrogen and oxygen atoms in total. The molecule has 0 radical (unpaired) electrons. The first-order valence-corrected chi connectivity index (χ1v) is 20.7. The van der Waals surface area contributed by atoms with E-state index >= 15 is 0 Å². The van der Waals surface area contributed by atoms with E-state index in [-0.39, 0.29) is 112 Å². The number of rotatable bonds is 3. The zero-order valence-corrected chi connectivity index (χ0v) is 42.2. The topological polar surface area (TPSA) is 149 Å². The standard InChI is InChI=1S/C45H64N3O6.2ClH.Hf/c1-40(2,3)23-19-24(41(4,5)6)35(50)31(34(23)49)29-22-30(32-36(51)25(42(7,8)9)20-26(37(32)52)43(10,11)12)47-48(46-29)33-38(53)27(44(13,14)15)21-28(39(33)54)45(16,17)18;;;/h19-21,46,49-54H,1-18H3;2*1H;/q;;;+2/p-2. The van der Waals surface area contributed by atoms with Gasteiger partial charge in [-0.2, -0.15) is 0 Å². The van der Waals surface area contributed by atoms with Crippen molar-refractivity contribution in [2.45, 2.75) is 157 Å². The number of hydrogen-bond acceptors (Lipinski definition) is 9. The number of hydrazone groups is 1. The smallest absolute Gasteiger partial charge is 1.00 e. The average molecular weight is 992 g/mol. The fourth-order valence-electron chi connectivity index (χ4n) is 6.98. The molecule has 0 bridgehead atoms. The predicted octanol–water partition coefficient (Wildman–Crippen LogP) is 4.36. The number of phenolic OH excluding ortho intramolecular Hbond substituents is 6. The van der Waals surface area contributed by atoms with Crippen LogP contribution in [0.3, 0.4) is 0 Å². The molecule has 3 aromatic carbocycles. The number of nitrogens with zero attached hydrogens (tertiary/aromatic N) is 2. The molecule has 0 amide bonds. The van der Waals surface area contributed by atoms with Crippen molar-refractivity contribution in [1.82, 2.24) is 5.43 Å². The van der Waals surface area contributed by atoms with Crippen molar-refractivity contribution in [1.29, 1.82) is 0 Å². The van der Waals surface area contributed by atoms with E-state index in [0.717, 1.165) is 0 Å². The van der Waals surface area contributed by atoms with Crippen LogP contribution in [0.1, 0.15) is 169 Å². The molecular weight excluding hydrogens is 928 g/mol. The van der Waals surface area contributed by atoms with E-state index in [2.05, 4.69) is 5.43 Å². The number of nitrogens with one attached hydrogen (secondary N) is 1. The van der Waals surface area contributed by atoms with Gasteiger partial charge in [-0.25, -0.2) is 0 Å². The largest absolute Gasteiger partial charge is 1.00 e. The van der Waals surface area contributed by atoms with E-state index in [1.165, 1.54) is 5.12 Å². The van der Waals surface area contributed by atoms with Gasteiger partial charge in [0.05, 0.1) is 0 Å². The molecule has 1 aliphatic rings. The second kappa shape index (κ2) is 15.8. The van der Waals surface area contributed by atoms with Gasteiger partial charge in [0.2, 0.25) is 0 Å². The van der Waals surface area contributed by atoms with Gasteiger partial charge in [-0.05, 0) is 0 Å². The second-order valence-electron chi connectivity index (χ2n) is 21.2. The zero-order chi connectivity index (χ0) is 42.5. The van der Waals surface area contributed by atoms with Gasteiger partial charge in [-0.3, -0.25) is 0 Å². The Kier molecular flexibility index (Phi) is 13.9. The molecule has 0 saturated heterocycles. The van der Waals surface area contributed by atoms with E-state index in [1.807, 2.05) is 143 Å². The van der Waals surface area contributed by atoms with Crippen LogP contribution in [-0.2, 0) is 56.9 Å². The number of halogens is 2. The van der Waals surface area contributed by atoms with Crippen molar-refractivity contribution in [3.05, 3.63) is 66.0 Å². The molecule has 4 rings (SSSR count). The second-order valence-corrected chi connectivity index (χ2v) is 23.0. The maximum atomic E-state index is 12.2. The fourth-order valence-corrected chi connectivity index (χ4v) is 8.26. The van der Waals surface area contributed by atoms with Gasteiger partial charge in [0, 0.05) is 0 Å². The third kappa shape index (κ3) is 9.38. The number of hydrogen-bond donors (Lipinski definition) is 7. The Morgan fingerprint density at radius 2 is 0.684 bits per heavy atom. The molecule has 0 aliphatic carbocycles. The molecule has 0 saturated carbocycles. The summed E-state index contributed by atoms with van der Waals surface area (Å²) in [6.07, 6.45) is 0. The molecule has 1 aliphatic heterocycles. The number of hydrazine groups is 1. The van der Waals surface area contributed by atoms with Crippen molar-refractivity contribution in [2.24, 2.45) is 5.10 Å². The quantitative estimate of drug-likeness (QED) is 0.192. The van der Waals surface area contributed by atoms with E-state index < -0.39 is 32.5 Å². The van der Waals surface area contributed by atoms with Gasteiger partial charge in [0.15, 0.2) is 0 Å². The molecule has 12 heteroatoms. The molecule has 0 unspecified atom stereocenters. The summed E-state index contributed by atoms with van der Waals surface area (Å²) < 4.78 is 0.520. The third-order valence-corrected chi connectivity index (χ3v) is 12.0. The van der Waals surface area contributed by atoms with E-state index in [1.54, 1.807) is 0 Å². The molecule has 0 fully saturated rings. The van der Waals surface area contributed by atoms with Gasteiger partial charge in [0.25, 0.3) is 0 Å². The maximum absolute atomic E-state index is 12.2. The number of benzene rings is 3.